The van der Waals surface area contributed by atoms with Crippen molar-refractivity contribution < 1.29 is 9.53 Å². The minimum atomic E-state index is -0.0965. The van der Waals surface area contributed by atoms with Crippen LogP contribution in [0.1, 0.15) is 10.4 Å². The number of allylic oxidation sites excluding steroid dienone is 2. The Morgan fingerprint density at radius 2 is 2.05 bits per heavy atom. The maximum Gasteiger partial charge on any atom is 0.191 e. The smallest absolute Gasteiger partial charge is 0.191 e. The van der Waals surface area contributed by atoms with E-state index in [2.05, 4.69) is 9.98 Å². The molecule has 4 nitrogen and oxygen atoms in total. The predicted molar refractivity (Wildman–Crippen MR) is 74.6 cm³/mol. The van der Waals surface area contributed by atoms with Crippen LogP contribution in [0.2, 0.25) is 0 Å². The van der Waals surface area contributed by atoms with Gasteiger partial charge in [-0.3, -0.25) is 4.79 Å². The fourth-order valence-corrected chi connectivity index (χ4v) is 2.62. The van der Waals surface area contributed by atoms with Crippen molar-refractivity contribution in [1.29, 1.82) is 0 Å². The first-order chi connectivity index (χ1) is 9.79. The lowest BCUT2D eigenvalue weighted by Crippen LogP contribution is -2.27. The van der Waals surface area contributed by atoms with Crippen LogP contribution in [0.5, 0.6) is 5.75 Å². The average Bonchev–Trinajstić information content (AvgIpc) is 2.84. The summed E-state index contributed by atoms with van der Waals surface area (Å²) in [5.41, 5.74) is 3.09. The Hall–Kier alpha value is -2.75. The van der Waals surface area contributed by atoms with Gasteiger partial charge in [-0.1, -0.05) is 24.3 Å². The zero-order chi connectivity index (χ0) is 13.7. The number of nitrogens with zero attached hydrogens (tertiary/aromatic N) is 2. The highest BCUT2D eigenvalue weighted by Crippen LogP contribution is 2.32. The number of carbonyl (C=O) groups excluding carboxylic acids is 1. The molecular formula is C16H10N2O2. The van der Waals surface area contributed by atoms with Gasteiger partial charge < -0.3 is 4.74 Å². The number of methoxy groups -OCH3 is 1. The topological polar surface area (TPSA) is 51.6 Å². The minimum Gasteiger partial charge on any atom is -0.494 e. The van der Waals surface area contributed by atoms with E-state index >= 15 is 0 Å². The molecule has 0 saturated carbocycles. The van der Waals surface area contributed by atoms with Gasteiger partial charge in [-0.15, -0.1) is 0 Å². The van der Waals surface area contributed by atoms with Crippen molar-refractivity contribution in [3.63, 3.8) is 0 Å². The summed E-state index contributed by atoms with van der Waals surface area (Å²) in [6, 6.07) is 7.79. The molecule has 0 radical (unpaired) electrons. The van der Waals surface area contributed by atoms with Gasteiger partial charge in [-0.2, -0.15) is 0 Å². The van der Waals surface area contributed by atoms with Crippen molar-refractivity contribution >= 4 is 17.5 Å². The molecular weight excluding hydrogens is 252 g/mol. The van der Waals surface area contributed by atoms with E-state index in [1.54, 1.807) is 13.2 Å². The summed E-state index contributed by atoms with van der Waals surface area (Å²) in [6.45, 7) is 0. The summed E-state index contributed by atoms with van der Waals surface area (Å²) in [7, 11) is 1.56. The van der Waals surface area contributed by atoms with E-state index in [0.717, 1.165) is 16.9 Å². The molecule has 0 amide bonds. The van der Waals surface area contributed by atoms with Crippen LogP contribution < -0.4 is 15.4 Å². The monoisotopic (exact) mass is 262 g/mol. The lowest BCUT2D eigenvalue weighted by atomic mass is 10.0. The molecule has 1 aliphatic carbocycles. The van der Waals surface area contributed by atoms with Gasteiger partial charge in [0.05, 0.1) is 23.7 Å². The highest BCUT2D eigenvalue weighted by molar-refractivity contribution is 6.08. The van der Waals surface area contributed by atoms with Crippen LogP contribution in [-0.4, -0.2) is 17.9 Å². The number of aromatic nitrogens is 1. The number of ether oxygens (including phenoxy) is 1. The molecule has 0 saturated heterocycles. The van der Waals surface area contributed by atoms with E-state index in [9.17, 15) is 4.79 Å². The van der Waals surface area contributed by atoms with Gasteiger partial charge in [0.15, 0.2) is 11.5 Å². The zero-order valence-corrected chi connectivity index (χ0v) is 10.8. The third-order valence-corrected chi connectivity index (χ3v) is 3.50. The largest absolute Gasteiger partial charge is 0.494 e. The van der Waals surface area contributed by atoms with Gasteiger partial charge in [-0.05, 0) is 18.2 Å². The number of hydrogen-bond donors (Lipinski definition) is 0. The molecule has 0 spiro atoms. The SMILES string of the molecule is COc1c2c(nc3c1=Nc1ccccc1-3)=CC=CC2=O. The Labute approximate surface area is 114 Å². The average molecular weight is 262 g/mol. The van der Waals surface area contributed by atoms with E-state index in [1.165, 1.54) is 6.08 Å². The van der Waals surface area contributed by atoms with Gasteiger partial charge in [0.25, 0.3) is 0 Å². The molecule has 96 valence electrons. The predicted octanol–water partition coefficient (Wildman–Crippen LogP) is 1.55. The summed E-state index contributed by atoms with van der Waals surface area (Å²) < 4.78 is 5.45. The molecule has 1 aliphatic heterocycles. The highest BCUT2D eigenvalue weighted by atomic mass is 16.5. The number of hydrogen-bond acceptors (Lipinski definition) is 4. The number of rotatable bonds is 1. The van der Waals surface area contributed by atoms with Crippen molar-refractivity contribution in [2.24, 2.45) is 4.99 Å². The first-order valence-electron chi connectivity index (χ1n) is 6.28. The first-order valence-corrected chi connectivity index (χ1v) is 6.28. The lowest BCUT2D eigenvalue weighted by molar-refractivity contribution is 0.104. The molecule has 0 unspecified atom stereocenters. The number of pyridine rings is 1. The number of para-hydroxylation sites is 1. The fraction of sp³-hybridized carbons (Fsp3) is 0.0625. The normalized spacial score (nSPS) is 13.9. The van der Waals surface area contributed by atoms with Gasteiger partial charge in [-0.25, -0.2) is 9.98 Å². The van der Waals surface area contributed by atoms with Gasteiger partial charge in [0.1, 0.15) is 11.1 Å². The lowest BCUT2D eigenvalue weighted by Gasteiger charge is -2.09. The molecule has 2 aliphatic rings. The van der Waals surface area contributed by atoms with E-state index in [-0.39, 0.29) is 5.78 Å². The maximum absolute atomic E-state index is 12.1. The Bertz CT molecular complexity index is 911. The molecule has 0 fully saturated rings. The Morgan fingerprint density at radius 3 is 2.90 bits per heavy atom. The van der Waals surface area contributed by atoms with Crippen LogP contribution in [0.15, 0.2) is 41.4 Å². The quantitative estimate of drug-likeness (QED) is 0.668. The number of carbonyl (C=O) groups is 1. The standard InChI is InChI=1S/C16H10N2O2/c1-20-16-13-11(7-4-8-12(13)19)18-14-9-5-2-3-6-10(9)17-15(14)16/h2-8H,1H3. The molecule has 20 heavy (non-hydrogen) atoms. The molecule has 2 aromatic rings. The van der Waals surface area contributed by atoms with Crippen LogP contribution in [0.25, 0.3) is 17.3 Å². The summed E-state index contributed by atoms with van der Waals surface area (Å²) in [6.07, 6.45) is 5.04. The fourth-order valence-electron chi connectivity index (χ4n) is 2.62. The second-order valence-corrected chi connectivity index (χ2v) is 4.62. The third-order valence-electron chi connectivity index (χ3n) is 3.50. The molecule has 1 aromatic carbocycles. The number of benzene rings is 1. The van der Waals surface area contributed by atoms with Crippen molar-refractivity contribution in [3.8, 4) is 17.0 Å². The van der Waals surface area contributed by atoms with Crippen molar-refractivity contribution in [1.82, 2.24) is 4.98 Å². The second-order valence-electron chi connectivity index (χ2n) is 4.62. The van der Waals surface area contributed by atoms with Crippen molar-refractivity contribution in [3.05, 3.63) is 52.7 Å². The highest BCUT2D eigenvalue weighted by Gasteiger charge is 2.24. The first kappa shape index (κ1) is 11.1. The molecule has 4 heteroatoms. The summed E-state index contributed by atoms with van der Waals surface area (Å²) >= 11 is 0. The Balaban J connectivity index is 2.18. The van der Waals surface area contributed by atoms with Crippen molar-refractivity contribution in [2.75, 3.05) is 7.11 Å². The van der Waals surface area contributed by atoms with Crippen molar-refractivity contribution in [2.45, 2.75) is 0 Å². The molecule has 4 rings (SSSR count). The van der Waals surface area contributed by atoms with E-state index < -0.39 is 0 Å². The van der Waals surface area contributed by atoms with E-state index in [1.807, 2.05) is 30.3 Å². The summed E-state index contributed by atoms with van der Waals surface area (Å²) in [5.74, 6) is 0.410. The molecule has 1 aromatic heterocycles. The molecule has 0 atom stereocenters. The second kappa shape index (κ2) is 3.87. The summed E-state index contributed by atoms with van der Waals surface area (Å²) in [4.78, 5) is 21.2. The number of fused-ring (bicyclic) bond motifs is 4. The Morgan fingerprint density at radius 1 is 1.20 bits per heavy atom. The van der Waals surface area contributed by atoms with Gasteiger partial charge in [0, 0.05) is 5.56 Å². The van der Waals surface area contributed by atoms with Crippen LogP contribution in [-0.2, 0) is 0 Å². The van der Waals surface area contributed by atoms with E-state index in [4.69, 9.17) is 4.74 Å². The van der Waals surface area contributed by atoms with E-state index in [0.29, 0.717) is 22.0 Å². The maximum atomic E-state index is 12.1. The molecule has 0 N–H and O–H groups in total. The van der Waals surface area contributed by atoms with Crippen LogP contribution in [0, 0.1) is 0 Å². The zero-order valence-electron chi connectivity index (χ0n) is 10.8. The third kappa shape index (κ3) is 1.33. The minimum absolute atomic E-state index is 0.0965. The van der Waals surface area contributed by atoms with Gasteiger partial charge >= 0.3 is 0 Å². The number of ketones is 1. The summed E-state index contributed by atoms with van der Waals surface area (Å²) in [5, 5.41) is 1.28. The Kier molecular flexibility index (Phi) is 2.15. The van der Waals surface area contributed by atoms with Gasteiger partial charge in [0.2, 0.25) is 0 Å². The molecule has 2 heterocycles. The van der Waals surface area contributed by atoms with Crippen LogP contribution in [0.3, 0.4) is 0 Å². The molecule has 0 bridgehead atoms. The van der Waals surface area contributed by atoms with Crippen LogP contribution >= 0.6 is 0 Å². The van der Waals surface area contributed by atoms with Crippen LogP contribution in [0.4, 0.5) is 5.69 Å².